The van der Waals surface area contributed by atoms with Gasteiger partial charge in [0.2, 0.25) is 0 Å². The van der Waals surface area contributed by atoms with E-state index in [9.17, 15) is 4.79 Å². The van der Waals surface area contributed by atoms with Crippen LogP contribution in [0.5, 0.6) is 0 Å². The Kier molecular flexibility index (Phi) is 5.81. The van der Waals surface area contributed by atoms with E-state index in [2.05, 4.69) is 6.92 Å². The SMILES string of the molecule is CCCCC(CC)C(=O)OC(C)c1ccco1. The maximum absolute atomic E-state index is 11.9. The second-order valence-corrected chi connectivity index (χ2v) is 4.34. The van der Waals surface area contributed by atoms with Crippen molar-refractivity contribution in [3.8, 4) is 0 Å². The van der Waals surface area contributed by atoms with Crippen molar-refractivity contribution in [2.24, 2.45) is 5.92 Å². The van der Waals surface area contributed by atoms with Crippen LogP contribution in [0.3, 0.4) is 0 Å². The zero-order valence-corrected chi connectivity index (χ0v) is 10.9. The van der Waals surface area contributed by atoms with Crippen LogP contribution in [0.15, 0.2) is 22.8 Å². The standard InChI is InChI=1S/C14H22O3/c1-4-6-8-12(5-2)14(15)17-11(3)13-9-7-10-16-13/h7,9-12H,4-6,8H2,1-3H3. The molecular formula is C14H22O3. The lowest BCUT2D eigenvalue weighted by Crippen LogP contribution is -2.18. The number of hydrogen-bond donors (Lipinski definition) is 0. The zero-order chi connectivity index (χ0) is 12.7. The Morgan fingerprint density at radius 3 is 2.76 bits per heavy atom. The summed E-state index contributed by atoms with van der Waals surface area (Å²) in [6, 6.07) is 3.62. The van der Waals surface area contributed by atoms with Gasteiger partial charge < -0.3 is 9.15 Å². The lowest BCUT2D eigenvalue weighted by atomic mass is 10.00. The Morgan fingerprint density at radius 1 is 1.47 bits per heavy atom. The van der Waals surface area contributed by atoms with Gasteiger partial charge in [-0.2, -0.15) is 0 Å². The van der Waals surface area contributed by atoms with Crippen LogP contribution in [0.4, 0.5) is 0 Å². The Hall–Kier alpha value is -1.25. The van der Waals surface area contributed by atoms with E-state index < -0.39 is 0 Å². The predicted molar refractivity (Wildman–Crippen MR) is 66.5 cm³/mol. The summed E-state index contributed by atoms with van der Waals surface area (Å²) in [5.74, 6) is 0.612. The summed E-state index contributed by atoms with van der Waals surface area (Å²) >= 11 is 0. The molecule has 96 valence electrons. The normalized spacial score (nSPS) is 14.3. The van der Waals surface area contributed by atoms with Gasteiger partial charge in [-0.3, -0.25) is 4.79 Å². The van der Waals surface area contributed by atoms with Crippen molar-refractivity contribution in [2.75, 3.05) is 0 Å². The number of unbranched alkanes of at least 4 members (excludes halogenated alkanes) is 1. The number of rotatable bonds is 7. The molecule has 1 heterocycles. The summed E-state index contributed by atoms with van der Waals surface area (Å²) in [7, 11) is 0. The highest BCUT2D eigenvalue weighted by molar-refractivity contribution is 5.72. The van der Waals surface area contributed by atoms with E-state index in [0.29, 0.717) is 5.76 Å². The van der Waals surface area contributed by atoms with Crippen LogP contribution in [-0.4, -0.2) is 5.97 Å². The molecule has 17 heavy (non-hydrogen) atoms. The monoisotopic (exact) mass is 238 g/mol. The number of hydrogen-bond acceptors (Lipinski definition) is 3. The van der Waals surface area contributed by atoms with E-state index in [1.54, 1.807) is 12.3 Å². The molecule has 0 radical (unpaired) electrons. The molecule has 0 aliphatic heterocycles. The Balaban J connectivity index is 2.46. The molecule has 3 heteroatoms. The average Bonchev–Trinajstić information content (AvgIpc) is 2.83. The molecule has 0 aliphatic carbocycles. The highest BCUT2D eigenvalue weighted by Crippen LogP contribution is 2.21. The summed E-state index contributed by atoms with van der Waals surface area (Å²) in [5.41, 5.74) is 0. The molecule has 0 saturated heterocycles. The van der Waals surface area contributed by atoms with Crippen molar-refractivity contribution in [1.82, 2.24) is 0 Å². The second-order valence-electron chi connectivity index (χ2n) is 4.34. The van der Waals surface area contributed by atoms with Crippen molar-refractivity contribution in [1.29, 1.82) is 0 Å². The molecule has 0 N–H and O–H groups in total. The fourth-order valence-electron chi connectivity index (χ4n) is 1.79. The van der Waals surface area contributed by atoms with E-state index in [0.717, 1.165) is 25.7 Å². The third-order valence-electron chi connectivity index (χ3n) is 2.97. The van der Waals surface area contributed by atoms with Crippen molar-refractivity contribution in [2.45, 2.75) is 52.6 Å². The summed E-state index contributed by atoms with van der Waals surface area (Å²) in [6.07, 6.45) is 5.22. The quantitative estimate of drug-likeness (QED) is 0.671. The van der Waals surface area contributed by atoms with Crippen LogP contribution in [-0.2, 0) is 9.53 Å². The average molecular weight is 238 g/mol. The van der Waals surface area contributed by atoms with Crippen molar-refractivity contribution in [3.63, 3.8) is 0 Å². The molecule has 1 rings (SSSR count). The van der Waals surface area contributed by atoms with Gasteiger partial charge >= 0.3 is 5.97 Å². The van der Waals surface area contributed by atoms with E-state index in [1.165, 1.54) is 0 Å². The summed E-state index contributed by atoms with van der Waals surface area (Å²) in [5, 5.41) is 0. The molecule has 0 aromatic carbocycles. The van der Waals surface area contributed by atoms with E-state index >= 15 is 0 Å². The highest BCUT2D eigenvalue weighted by atomic mass is 16.6. The second kappa shape index (κ2) is 7.15. The fraction of sp³-hybridized carbons (Fsp3) is 0.643. The van der Waals surface area contributed by atoms with Crippen LogP contribution in [0, 0.1) is 5.92 Å². The summed E-state index contributed by atoms with van der Waals surface area (Å²) < 4.78 is 10.6. The molecular weight excluding hydrogens is 216 g/mol. The molecule has 3 nitrogen and oxygen atoms in total. The van der Waals surface area contributed by atoms with Gasteiger partial charge in [-0.1, -0.05) is 26.7 Å². The third-order valence-corrected chi connectivity index (χ3v) is 2.97. The van der Waals surface area contributed by atoms with Crippen LogP contribution in [0.25, 0.3) is 0 Å². The third kappa shape index (κ3) is 4.25. The smallest absolute Gasteiger partial charge is 0.309 e. The molecule has 0 fully saturated rings. The molecule has 1 aromatic rings. The number of furan rings is 1. The number of carbonyl (C=O) groups excluding carboxylic acids is 1. The minimum atomic E-state index is -0.298. The molecule has 0 amide bonds. The molecule has 1 aromatic heterocycles. The minimum Gasteiger partial charge on any atom is -0.465 e. The van der Waals surface area contributed by atoms with Gasteiger partial charge in [0.15, 0.2) is 6.10 Å². The lowest BCUT2D eigenvalue weighted by Gasteiger charge is -2.17. The number of ether oxygens (including phenoxy) is 1. The van der Waals surface area contributed by atoms with E-state index in [4.69, 9.17) is 9.15 Å². The molecule has 0 spiro atoms. The highest BCUT2D eigenvalue weighted by Gasteiger charge is 2.21. The van der Waals surface area contributed by atoms with E-state index in [1.807, 2.05) is 19.9 Å². The van der Waals surface area contributed by atoms with Gasteiger partial charge in [-0.15, -0.1) is 0 Å². The maximum atomic E-state index is 11.9. The lowest BCUT2D eigenvalue weighted by molar-refractivity contribution is -0.154. The minimum absolute atomic E-state index is 0.0207. The first-order valence-corrected chi connectivity index (χ1v) is 6.42. The Labute approximate surface area is 103 Å². The van der Waals surface area contributed by atoms with Gasteiger partial charge in [-0.05, 0) is 31.9 Å². The summed E-state index contributed by atoms with van der Waals surface area (Å²) in [4.78, 5) is 11.9. The first kappa shape index (κ1) is 13.8. The van der Waals surface area contributed by atoms with Crippen LogP contribution >= 0.6 is 0 Å². The summed E-state index contributed by atoms with van der Waals surface area (Å²) in [6.45, 7) is 5.99. The number of esters is 1. The van der Waals surface area contributed by atoms with Gasteiger partial charge in [0.25, 0.3) is 0 Å². The molecule has 0 aliphatic rings. The number of carbonyl (C=O) groups is 1. The van der Waals surface area contributed by atoms with Crippen LogP contribution in [0.2, 0.25) is 0 Å². The maximum Gasteiger partial charge on any atom is 0.309 e. The Morgan fingerprint density at radius 2 is 2.24 bits per heavy atom. The van der Waals surface area contributed by atoms with Gasteiger partial charge in [0.1, 0.15) is 5.76 Å². The Bertz CT molecular complexity index is 316. The van der Waals surface area contributed by atoms with Crippen LogP contribution < -0.4 is 0 Å². The van der Waals surface area contributed by atoms with Crippen LogP contribution in [0.1, 0.15) is 58.3 Å². The molecule has 2 unspecified atom stereocenters. The zero-order valence-electron chi connectivity index (χ0n) is 10.9. The first-order valence-electron chi connectivity index (χ1n) is 6.42. The molecule has 0 saturated carbocycles. The fourth-order valence-corrected chi connectivity index (χ4v) is 1.79. The largest absolute Gasteiger partial charge is 0.465 e. The first-order chi connectivity index (χ1) is 8.19. The van der Waals surface area contributed by atoms with Crippen molar-refractivity contribution < 1.29 is 13.9 Å². The van der Waals surface area contributed by atoms with E-state index in [-0.39, 0.29) is 18.0 Å². The van der Waals surface area contributed by atoms with Gasteiger partial charge in [0, 0.05) is 0 Å². The van der Waals surface area contributed by atoms with Crippen molar-refractivity contribution in [3.05, 3.63) is 24.2 Å². The molecule has 0 bridgehead atoms. The van der Waals surface area contributed by atoms with Gasteiger partial charge in [-0.25, -0.2) is 0 Å². The predicted octanol–water partition coefficient (Wildman–Crippen LogP) is 4.10. The topological polar surface area (TPSA) is 39.4 Å². The van der Waals surface area contributed by atoms with Gasteiger partial charge in [0.05, 0.1) is 12.2 Å². The molecule has 2 atom stereocenters. The van der Waals surface area contributed by atoms with Crippen molar-refractivity contribution >= 4 is 5.97 Å².